The first-order valence-electron chi connectivity index (χ1n) is 7.33. The van der Waals surface area contributed by atoms with Crippen molar-refractivity contribution in [3.63, 3.8) is 0 Å². The first-order valence-corrected chi connectivity index (χ1v) is 9.13. The van der Waals surface area contributed by atoms with E-state index in [0.717, 1.165) is 41.7 Å². The summed E-state index contributed by atoms with van der Waals surface area (Å²) in [5.74, 6) is 1.92. The molecule has 21 heavy (non-hydrogen) atoms. The van der Waals surface area contributed by atoms with Gasteiger partial charge in [0.05, 0.1) is 5.69 Å². The van der Waals surface area contributed by atoms with Gasteiger partial charge in [-0.3, -0.25) is 0 Å². The smallest absolute Gasteiger partial charge is 0.159 e. The number of ether oxygens (including phenoxy) is 1. The predicted molar refractivity (Wildman–Crippen MR) is 89.4 cm³/mol. The highest BCUT2D eigenvalue weighted by Crippen LogP contribution is 2.41. The average molecular weight is 320 g/mol. The molecule has 1 aliphatic rings. The van der Waals surface area contributed by atoms with Crippen molar-refractivity contribution in [3.05, 3.63) is 39.8 Å². The normalized spacial score (nSPS) is 17.3. The molecule has 0 saturated heterocycles. The highest BCUT2D eigenvalue weighted by Gasteiger charge is 2.25. The molecule has 0 spiro atoms. The first kappa shape index (κ1) is 14.9. The fraction of sp³-hybridized carbons (Fsp3) is 0.438. The van der Waals surface area contributed by atoms with Gasteiger partial charge in [-0.05, 0) is 32.0 Å². The molecule has 0 saturated carbocycles. The second-order valence-corrected chi connectivity index (χ2v) is 7.28. The Balaban J connectivity index is 1.72. The minimum absolute atomic E-state index is 0.0773. The third-order valence-corrected chi connectivity index (χ3v) is 5.77. The monoisotopic (exact) mass is 320 g/mol. The quantitative estimate of drug-likeness (QED) is 0.838. The molecule has 5 heteroatoms. The molecule has 1 atom stereocenters. The van der Waals surface area contributed by atoms with Crippen LogP contribution in [0.3, 0.4) is 0 Å². The maximum atomic E-state index is 6.12. The Morgan fingerprint density at radius 2 is 2.24 bits per heavy atom. The zero-order valence-corrected chi connectivity index (χ0v) is 14.0. The molecule has 0 radical (unpaired) electrons. The van der Waals surface area contributed by atoms with Crippen molar-refractivity contribution in [1.29, 1.82) is 0 Å². The maximum Gasteiger partial charge on any atom is 0.159 e. The largest absolute Gasteiger partial charge is 0.481 e. The third kappa shape index (κ3) is 3.42. The van der Waals surface area contributed by atoms with Crippen LogP contribution in [-0.4, -0.2) is 17.3 Å². The Bertz CT molecular complexity index is 612. The minimum Gasteiger partial charge on any atom is -0.481 e. The van der Waals surface area contributed by atoms with Crippen LogP contribution in [0.1, 0.15) is 35.0 Å². The van der Waals surface area contributed by atoms with Crippen molar-refractivity contribution in [2.45, 2.75) is 37.8 Å². The highest BCUT2D eigenvalue weighted by atomic mass is 32.2. The fourth-order valence-electron chi connectivity index (χ4n) is 2.27. The summed E-state index contributed by atoms with van der Waals surface area (Å²) < 4.78 is 6.12. The molecular formula is C16H20N2OS2. The molecule has 1 unspecified atom stereocenters. The lowest BCUT2D eigenvalue weighted by Gasteiger charge is -2.23. The second-order valence-electron chi connectivity index (χ2n) is 5.10. The molecule has 0 aliphatic carbocycles. The van der Waals surface area contributed by atoms with Crippen LogP contribution in [-0.2, 0) is 6.54 Å². The van der Waals surface area contributed by atoms with Gasteiger partial charge in [0, 0.05) is 22.1 Å². The van der Waals surface area contributed by atoms with Crippen LogP contribution in [0, 0.1) is 6.92 Å². The van der Waals surface area contributed by atoms with E-state index in [1.807, 2.05) is 23.9 Å². The van der Waals surface area contributed by atoms with E-state index in [1.165, 1.54) is 9.77 Å². The van der Waals surface area contributed by atoms with E-state index < -0.39 is 0 Å². The van der Waals surface area contributed by atoms with Gasteiger partial charge in [0.2, 0.25) is 0 Å². The Morgan fingerprint density at radius 3 is 3.10 bits per heavy atom. The van der Waals surface area contributed by atoms with Crippen LogP contribution in [0.2, 0.25) is 0 Å². The van der Waals surface area contributed by atoms with Gasteiger partial charge < -0.3 is 10.1 Å². The van der Waals surface area contributed by atoms with Gasteiger partial charge in [-0.15, -0.1) is 23.1 Å². The lowest BCUT2D eigenvalue weighted by molar-refractivity contribution is 0.220. The number of fused-ring (bicyclic) bond motifs is 1. The molecule has 2 heterocycles. The van der Waals surface area contributed by atoms with Crippen LogP contribution in [0.25, 0.3) is 0 Å². The molecular weight excluding hydrogens is 300 g/mol. The highest BCUT2D eigenvalue weighted by molar-refractivity contribution is 7.99. The lowest BCUT2D eigenvalue weighted by atomic mass is 10.3. The van der Waals surface area contributed by atoms with Gasteiger partial charge in [0.15, 0.2) is 6.10 Å². The number of thioether (sulfide) groups is 1. The van der Waals surface area contributed by atoms with Crippen LogP contribution < -0.4 is 10.1 Å². The Morgan fingerprint density at radius 1 is 1.38 bits per heavy atom. The molecule has 0 amide bonds. The summed E-state index contributed by atoms with van der Waals surface area (Å²) in [6.07, 6.45) is 1.23. The molecule has 1 aromatic heterocycles. The molecule has 0 fully saturated rings. The standard InChI is InChI=1S/C16H20N2OS2/c1-3-8-17-9-15-11(2)18-16(21-15)13-10-20-14-7-5-4-6-12(14)19-13/h4-7,13,17H,3,8-10H2,1-2H3. The van der Waals surface area contributed by atoms with Crippen LogP contribution in [0.5, 0.6) is 5.75 Å². The summed E-state index contributed by atoms with van der Waals surface area (Å²) in [6, 6.07) is 8.23. The molecule has 112 valence electrons. The van der Waals surface area contributed by atoms with Crippen molar-refractivity contribution in [1.82, 2.24) is 10.3 Å². The number of benzene rings is 1. The number of aryl methyl sites for hydroxylation is 1. The Hall–Kier alpha value is -1.04. The number of nitrogens with zero attached hydrogens (tertiary/aromatic N) is 1. The number of thiazole rings is 1. The number of nitrogens with one attached hydrogen (secondary N) is 1. The first-order chi connectivity index (χ1) is 10.3. The van der Waals surface area contributed by atoms with Crippen LogP contribution in [0.15, 0.2) is 29.2 Å². The van der Waals surface area contributed by atoms with Gasteiger partial charge in [-0.2, -0.15) is 0 Å². The van der Waals surface area contributed by atoms with Crippen molar-refractivity contribution in [2.24, 2.45) is 0 Å². The SMILES string of the molecule is CCCNCc1sc(C2CSc3ccccc3O2)nc1C. The molecule has 3 rings (SSSR count). The van der Waals surface area contributed by atoms with Crippen molar-refractivity contribution in [3.8, 4) is 5.75 Å². The molecule has 1 N–H and O–H groups in total. The van der Waals surface area contributed by atoms with Crippen molar-refractivity contribution < 1.29 is 4.74 Å². The van der Waals surface area contributed by atoms with E-state index in [4.69, 9.17) is 9.72 Å². The lowest BCUT2D eigenvalue weighted by Crippen LogP contribution is -2.14. The zero-order valence-electron chi connectivity index (χ0n) is 12.4. The van der Waals surface area contributed by atoms with E-state index in [1.54, 1.807) is 11.3 Å². The molecule has 2 aromatic rings. The van der Waals surface area contributed by atoms with E-state index in [2.05, 4.69) is 31.3 Å². The second kappa shape index (κ2) is 6.81. The van der Waals surface area contributed by atoms with Gasteiger partial charge in [-0.1, -0.05) is 19.1 Å². The third-order valence-electron chi connectivity index (χ3n) is 3.41. The topological polar surface area (TPSA) is 34.1 Å². The fourth-order valence-corrected chi connectivity index (χ4v) is 4.43. The maximum absolute atomic E-state index is 6.12. The van der Waals surface area contributed by atoms with Crippen molar-refractivity contribution in [2.75, 3.05) is 12.3 Å². The van der Waals surface area contributed by atoms with Gasteiger partial charge >= 0.3 is 0 Å². The van der Waals surface area contributed by atoms with Gasteiger partial charge in [-0.25, -0.2) is 4.98 Å². The van der Waals surface area contributed by atoms with Crippen molar-refractivity contribution >= 4 is 23.1 Å². The minimum atomic E-state index is 0.0773. The number of aromatic nitrogens is 1. The van der Waals surface area contributed by atoms with E-state index in [0.29, 0.717) is 0 Å². The summed E-state index contributed by atoms with van der Waals surface area (Å²) in [7, 11) is 0. The predicted octanol–water partition coefficient (Wildman–Crippen LogP) is 4.18. The number of hydrogen-bond donors (Lipinski definition) is 1. The zero-order chi connectivity index (χ0) is 14.7. The van der Waals surface area contributed by atoms with E-state index in [-0.39, 0.29) is 6.10 Å². The summed E-state index contributed by atoms with van der Waals surface area (Å²) >= 11 is 3.63. The van der Waals surface area contributed by atoms with E-state index >= 15 is 0 Å². The van der Waals surface area contributed by atoms with Crippen LogP contribution in [0.4, 0.5) is 0 Å². The number of para-hydroxylation sites is 1. The number of hydrogen-bond acceptors (Lipinski definition) is 5. The summed E-state index contributed by atoms with van der Waals surface area (Å²) in [6.45, 7) is 6.24. The van der Waals surface area contributed by atoms with Gasteiger partial charge in [0.25, 0.3) is 0 Å². The summed E-state index contributed by atoms with van der Waals surface area (Å²) in [5.41, 5.74) is 1.13. The molecule has 3 nitrogen and oxygen atoms in total. The summed E-state index contributed by atoms with van der Waals surface area (Å²) in [5, 5.41) is 4.55. The number of rotatable bonds is 5. The molecule has 0 bridgehead atoms. The molecule has 1 aliphatic heterocycles. The molecule has 1 aromatic carbocycles. The Kier molecular flexibility index (Phi) is 4.83. The average Bonchev–Trinajstić information content (AvgIpc) is 2.88. The summed E-state index contributed by atoms with van der Waals surface area (Å²) in [4.78, 5) is 7.28. The Labute approximate surface area is 134 Å². The van der Waals surface area contributed by atoms with Gasteiger partial charge in [0.1, 0.15) is 10.8 Å². The van der Waals surface area contributed by atoms with E-state index in [9.17, 15) is 0 Å². The van der Waals surface area contributed by atoms with Crippen LogP contribution >= 0.6 is 23.1 Å².